The van der Waals surface area contributed by atoms with Gasteiger partial charge in [-0.15, -0.1) is 25.3 Å². The van der Waals surface area contributed by atoms with Gasteiger partial charge in [0.15, 0.2) is 4.77 Å². The van der Waals surface area contributed by atoms with Gasteiger partial charge >= 0.3 is 0 Å². The third-order valence-corrected chi connectivity index (χ3v) is 3.55. The second-order valence-electron chi connectivity index (χ2n) is 4.05. The van der Waals surface area contributed by atoms with E-state index in [4.69, 9.17) is 12.2 Å². The van der Waals surface area contributed by atoms with E-state index in [1.54, 1.807) is 4.57 Å². The summed E-state index contributed by atoms with van der Waals surface area (Å²) in [5, 5.41) is 0.899. The molecule has 1 heterocycles. The molecule has 0 aromatic carbocycles. The molecule has 0 unspecified atom stereocenters. The van der Waals surface area contributed by atoms with E-state index in [2.05, 4.69) is 25.3 Å². The van der Waals surface area contributed by atoms with Gasteiger partial charge in [-0.1, -0.05) is 0 Å². The maximum atomic E-state index is 13.0. The second kappa shape index (κ2) is 4.70. The fourth-order valence-electron chi connectivity index (χ4n) is 1.43. The number of alkyl halides is 2. The van der Waals surface area contributed by atoms with Crippen LogP contribution in [-0.2, 0) is 6.54 Å². The number of imidazole rings is 1. The topological polar surface area (TPSA) is 9.86 Å². The minimum atomic E-state index is -2.82. The van der Waals surface area contributed by atoms with E-state index in [1.165, 1.54) is 4.57 Å². The number of thiol groups is 2. The van der Waals surface area contributed by atoms with E-state index in [1.807, 2.05) is 13.8 Å². The summed E-state index contributed by atoms with van der Waals surface area (Å²) in [6.45, 7) is 4.21. The first-order valence-corrected chi connectivity index (χ1v) is 6.06. The van der Waals surface area contributed by atoms with Gasteiger partial charge in [0.25, 0.3) is 5.92 Å². The molecule has 2 nitrogen and oxygen atoms in total. The highest BCUT2D eigenvalue weighted by atomic mass is 32.1. The molecular weight excluding hydrogens is 270 g/mol. The number of hydrogen-bond donors (Lipinski definition) is 2. The first-order chi connectivity index (χ1) is 7.15. The van der Waals surface area contributed by atoms with Crippen molar-refractivity contribution in [3.05, 3.63) is 4.77 Å². The van der Waals surface area contributed by atoms with Gasteiger partial charge in [0.2, 0.25) is 0 Å². The number of rotatable bonds is 3. The van der Waals surface area contributed by atoms with E-state index < -0.39 is 12.5 Å². The minimum absolute atomic E-state index is 0.0672. The Hall–Kier alpha value is -0.0100. The second-order valence-corrected chi connectivity index (χ2v) is 5.26. The Balaban J connectivity index is 3.32. The SMILES string of the molecule is CC(C)n1c(S)c(S)n(CC(C)(F)F)c1=S. The Labute approximate surface area is 109 Å². The van der Waals surface area contributed by atoms with Crippen LogP contribution in [0.15, 0.2) is 10.1 Å². The lowest BCUT2D eigenvalue weighted by Gasteiger charge is -2.12. The highest BCUT2D eigenvalue weighted by molar-refractivity contribution is 7.83. The summed E-state index contributed by atoms with van der Waals surface area (Å²) < 4.78 is 29.3. The smallest absolute Gasteiger partial charge is 0.263 e. The summed E-state index contributed by atoms with van der Waals surface area (Å²) in [7, 11) is 0. The van der Waals surface area contributed by atoms with Crippen molar-refractivity contribution in [2.45, 2.75) is 49.3 Å². The maximum Gasteiger partial charge on any atom is 0.263 e. The van der Waals surface area contributed by atoms with Crippen molar-refractivity contribution in [3.63, 3.8) is 0 Å². The van der Waals surface area contributed by atoms with Gasteiger partial charge in [0.1, 0.15) is 10.1 Å². The van der Waals surface area contributed by atoms with Crippen molar-refractivity contribution < 1.29 is 8.78 Å². The van der Waals surface area contributed by atoms with E-state index in [-0.39, 0.29) is 6.04 Å². The van der Waals surface area contributed by atoms with Crippen LogP contribution in [-0.4, -0.2) is 15.1 Å². The fourth-order valence-corrected chi connectivity index (χ4v) is 2.74. The summed E-state index contributed by atoms with van der Waals surface area (Å²) in [6, 6.07) is 0.0672. The lowest BCUT2D eigenvalue weighted by molar-refractivity contribution is 0.00125. The van der Waals surface area contributed by atoms with Gasteiger partial charge in [-0.05, 0) is 26.1 Å². The van der Waals surface area contributed by atoms with Crippen molar-refractivity contribution in [1.29, 1.82) is 0 Å². The number of hydrogen-bond acceptors (Lipinski definition) is 3. The van der Waals surface area contributed by atoms with Crippen LogP contribution in [0.25, 0.3) is 0 Å². The van der Waals surface area contributed by atoms with Crippen molar-refractivity contribution >= 4 is 37.5 Å². The van der Waals surface area contributed by atoms with E-state index in [0.29, 0.717) is 14.8 Å². The molecule has 1 aromatic rings. The average molecular weight is 284 g/mol. The molecule has 0 saturated carbocycles. The summed E-state index contributed by atoms with van der Waals surface area (Å²) in [5.74, 6) is -2.82. The van der Waals surface area contributed by atoms with Crippen LogP contribution in [0.3, 0.4) is 0 Å². The zero-order chi connectivity index (χ0) is 12.7. The molecule has 0 aliphatic heterocycles. The van der Waals surface area contributed by atoms with Crippen LogP contribution in [0.4, 0.5) is 8.78 Å². The molecule has 0 N–H and O–H groups in total. The molecule has 0 fully saturated rings. The van der Waals surface area contributed by atoms with Gasteiger partial charge in [-0.3, -0.25) is 0 Å². The zero-order valence-corrected chi connectivity index (χ0v) is 11.8. The normalized spacial score (nSPS) is 12.5. The molecule has 16 heavy (non-hydrogen) atoms. The summed E-state index contributed by atoms with van der Waals surface area (Å²) in [4.78, 5) is 0. The monoisotopic (exact) mass is 284 g/mol. The standard InChI is InChI=1S/C9H14F2N2S3/c1-5(2)13-7(15)6(14)12(8(13)16)4-9(3,10)11/h5,14-15H,4H2,1-3H3. The quantitative estimate of drug-likeness (QED) is 0.634. The van der Waals surface area contributed by atoms with E-state index in [9.17, 15) is 8.78 Å². The third kappa shape index (κ3) is 2.81. The molecule has 0 radical (unpaired) electrons. The highest BCUT2D eigenvalue weighted by Crippen LogP contribution is 2.27. The lowest BCUT2D eigenvalue weighted by Crippen LogP contribution is -2.20. The molecule has 0 aliphatic rings. The zero-order valence-electron chi connectivity index (χ0n) is 9.24. The Morgan fingerprint density at radius 1 is 1.31 bits per heavy atom. The number of halogens is 2. The first-order valence-electron chi connectivity index (χ1n) is 4.76. The molecule has 0 saturated heterocycles. The summed E-state index contributed by atoms with van der Waals surface area (Å²) >= 11 is 13.6. The molecule has 0 atom stereocenters. The molecular formula is C9H14F2N2S3. The molecule has 0 aliphatic carbocycles. The van der Waals surface area contributed by atoms with Gasteiger partial charge in [0, 0.05) is 13.0 Å². The minimum Gasteiger partial charge on any atom is -0.309 e. The number of nitrogens with zero attached hydrogens (tertiary/aromatic N) is 2. The maximum absolute atomic E-state index is 13.0. The average Bonchev–Trinajstić information content (AvgIpc) is 2.27. The third-order valence-electron chi connectivity index (χ3n) is 2.07. The molecule has 0 bridgehead atoms. The molecule has 1 rings (SSSR count). The van der Waals surface area contributed by atoms with E-state index in [0.717, 1.165) is 6.92 Å². The van der Waals surface area contributed by atoms with Crippen LogP contribution in [0.1, 0.15) is 26.8 Å². The fraction of sp³-hybridized carbons (Fsp3) is 0.667. The molecule has 0 spiro atoms. The Morgan fingerprint density at radius 2 is 1.81 bits per heavy atom. The van der Waals surface area contributed by atoms with Gasteiger partial charge in [-0.2, -0.15) is 0 Å². The van der Waals surface area contributed by atoms with Gasteiger partial charge in [0.05, 0.1) is 6.54 Å². The van der Waals surface area contributed by atoms with Crippen LogP contribution >= 0.6 is 37.5 Å². The first kappa shape index (κ1) is 14.1. The van der Waals surface area contributed by atoms with Crippen molar-refractivity contribution in [2.75, 3.05) is 0 Å². The summed E-state index contributed by atoms with van der Waals surface area (Å²) in [5.41, 5.74) is 0. The van der Waals surface area contributed by atoms with Crippen LogP contribution < -0.4 is 0 Å². The van der Waals surface area contributed by atoms with Gasteiger partial charge in [-0.25, -0.2) is 8.78 Å². The van der Waals surface area contributed by atoms with Crippen LogP contribution in [0.2, 0.25) is 0 Å². The Morgan fingerprint density at radius 3 is 2.12 bits per heavy atom. The molecule has 92 valence electrons. The van der Waals surface area contributed by atoms with E-state index >= 15 is 0 Å². The predicted molar refractivity (Wildman–Crippen MR) is 68.8 cm³/mol. The molecule has 0 amide bonds. The van der Waals surface area contributed by atoms with Crippen LogP contribution in [0.5, 0.6) is 0 Å². The van der Waals surface area contributed by atoms with Crippen molar-refractivity contribution in [2.24, 2.45) is 0 Å². The predicted octanol–water partition coefficient (Wildman–Crippen LogP) is 3.83. The Bertz CT molecular complexity index is 443. The summed E-state index contributed by atoms with van der Waals surface area (Å²) in [6.07, 6.45) is 0. The van der Waals surface area contributed by atoms with Crippen molar-refractivity contribution in [1.82, 2.24) is 9.13 Å². The Kier molecular flexibility index (Phi) is 4.13. The van der Waals surface area contributed by atoms with Crippen molar-refractivity contribution in [3.8, 4) is 0 Å². The van der Waals surface area contributed by atoms with Gasteiger partial charge < -0.3 is 9.13 Å². The highest BCUT2D eigenvalue weighted by Gasteiger charge is 2.25. The van der Waals surface area contributed by atoms with Crippen LogP contribution in [0, 0.1) is 4.77 Å². The lowest BCUT2D eigenvalue weighted by atomic mass is 10.4. The molecule has 7 heteroatoms. The number of aromatic nitrogens is 2. The largest absolute Gasteiger partial charge is 0.309 e. The molecule has 1 aromatic heterocycles.